The SMILES string of the molecule is CNCCC1CCN(C(=O)c2sc(-c3cccs3)nc2C)CC1. The van der Waals surface area contributed by atoms with Crippen molar-refractivity contribution in [3.63, 3.8) is 0 Å². The molecular formula is C17H23N3OS2. The van der Waals surface area contributed by atoms with Crippen LogP contribution in [0.25, 0.3) is 9.88 Å². The minimum absolute atomic E-state index is 0.162. The molecule has 1 N–H and O–H groups in total. The molecule has 3 rings (SSSR count). The molecule has 0 atom stereocenters. The predicted molar refractivity (Wildman–Crippen MR) is 97.3 cm³/mol. The summed E-state index contributed by atoms with van der Waals surface area (Å²) in [4.78, 5) is 21.4. The first-order chi connectivity index (χ1) is 11.2. The van der Waals surface area contributed by atoms with Crippen LogP contribution in [-0.2, 0) is 0 Å². The number of amides is 1. The molecule has 0 radical (unpaired) electrons. The minimum atomic E-state index is 0.162. The van der Waals surface area contributed by atoms with Gasteiger partial charge in [0.05, 0.1) is 10.6 Å². The highest BCUT2D eigenvalue weighted by atomic mass is 32.1. The summed E-state index contributed by atoms with van der Waals surface area (Å²) in [6.45, 7) is 4.76. The predicted octanol–water partition coefficient (Wildman–Crippen LogP) is 3.64. The van der Waals surface area contributed by atoms with E-state index < -0.39 is 0 Å². The van der Waals surface area contributed by atoms with Crippen LogP contribution in [0, 0.1) is 12.8 Å². The molecule has 1 saturated heterocycles. The molecule has 0 spiro atoms. The number of likely N-dealkylation sites (tertiary alicyclic amines) is 1. The summed E-state index contributed by atoms with van der Waals surface area (Å²) < 4.78 is 0. The average Bonchev–Trinajstić information content (AvgIpc) is 3.22. The van der Waals surface area contributed by atoms with E-state index in [9.17, 15) is 4.79 Å². The maximum Gasteiger partial charge on any atom is 0.265 e. The summed E-state index contributed by atoms with van der Waals surface area (Å²) >= 11 is 3.20. The number of carbonyl (C=O) groups is 1. The van der Waals surface area contributed by atoms with Gasteiger partial charge in [0.2, 0.25) is 0 Å². The molecule has 3 heterocycles. The number of hydrogen-bond donors (Lipinski definition) is 1. The van der Waals surface area contributed by atoms with Crippen LogP contribution >= 0.6 is 22.7 Å². The highest BCUT2D eigenvalue weighted by Crippen LogP contribution is 2.32. The zero-order valence-electron chi connectivity index (χ0n) is 13.7. The number of aryl methyl sites for hydroxylation is 1. The van der Waals surface area contributed by atoms with Crippen LogP contribution in [-0.4, -0.2) is 42.5 Å². The standard InChI is InChI=1S/C17H23N3OS2/c1-12-15(23-16(19-12)14-4-3-11-22-14)17(21)20-9-6-13(7-10-20)5-8-18-2/h3-4,11,13,18H,5-10H2,1-2H3. The van der Waals surface area contributed by atoms with Crippen molar-refractivity contribution in [2.24, 2.45) is 5.92 Å². The fraction of sp³-hybridized carbons (Fsp3) is 0.529. The Bertz CT molecular complexity index is 643. The minimum Gasteiger partial charge on any atom is -0.338 e. The first-order valence-corrected chi connectivity index (χ1v) is 9.84. The monoisotopic (exact) mass is 349 g/mol. The van der Waals surface area contributed by atoms with Crippen molar-refractivity contribution in [1.29, 1.82) is 0 Å². The number of piperidine rings is 1. The van der Waals surface area contributed by atoms with Gasteiger partial charge in [0.25, 0.3) is 5.91 Å². The Labute approximate surface area is 145 Å². The van der Waals surface area contributed by atoms with Crippen molar-refractivity contribution < 1.29 is 4.79 Å². The number of nitrogens with zero attached hydrogens (tertiary/aromatic N) is 2. The van der Waals surface area contributed by atoms with E-state index in [0.29, 0.717) is 0 Å². The van der Waals surface area contributed by atoms with Gasteiger partial charge in [-0.2, -0.15) is 0 Å². The van der Waals surface area contributed by atoms with E-state index in [1.807, 2.05) is 30.3 Å². The van der Waals surface area contributed by atoms with E-state index in [0.717, 1.165) is 58.8 Å². The maximum absolute atomic E-state index is 12.8. The van der Waals surface area contributed by atoms with Gasteiger partial charge in [0.1, 0.15) is 9.88 Å². The molecular weight excluding hydrogens is 326 g/mol. The molecule has 4 nitrogen and oxygen atoms in total. The van der Waals surface area contributed by atoms with E-state index in [1.54, 1.807) is 11.3 Å². The third kappa shape index (κ3) is 3.82. The summed E-state index contributed by atoms with van der Waals surface area (Å²) in [6, 6.07) is 4.08. The van der Waals surface area contributed by atoms with E-state index >= 15 is 0 Å². The largest absolute Gasteiger partial charge is 0.338 e. The zero-order chi connectivity index (χ0) is 16.2. The lowest BCUT2D eigenvalue weighted by molar-refractivity contribution is 0.0691. The van der Waals surface area contributed by atoms with Gasteiger partial charge >= 0.3 is 0 Å². The van der Waals surface area contributed by atoms with Crippen LogP contribution in [0.5, 0.6) is 0 Å². The van der Waals surface area contributed by atoms with Gasteiger partial charge < -0.3 is 10.2 Å². The second-order valence-corrected chi connectivity index (χ2v) is 7.99. The van der Waals surface area contributed by atoms with Crippen molar-refractivity contribution in [2.45, 2.75) is 26.2 Å². The van der Waals surface area contributed by atoms with Crippen molar-refractivity contribution in [1.82, 2.24) is 15.2 Å². The molecule has 0 unspecified atom stereocenters. The molecule has 0 aliphatic carbocycles. The number of rotatable bonds is 5. The molecule has 1 aliphatic heterocycles. The van der Waals surface area contributed by atoms with Gasteiger partial charge in [0.15, 0.2) is 0 Å². The smallest absolute Gasteiger partial charge is 0.265 e. The van der Waals surface area contributed by atoms with Crippen LogP contribution in [0.1, 0.15) is 34.6 Å². The third-order valence-electron chi connectivity index (χ3n) is 4.43. The number of hydrogen-bond acceptors (Lipinski definition) is 5. The zero-order valence-corrected chi connectivity index (χ0v) is 15.3. The Balaban J connectivity index is 1.65. The molecule has 0 saturated carbocycles. The van der Waals surface area contributed by atoms with Crippen LogP contribution in [0.4, 0.5) is 0 Å². The van der Waals surface area contributed by atoms with Crippen molar-refractivity contribution >= 4 is 28.6 Å². The van der Waals surface area contributed by atoms with Crippen molar-refractivity contribution in [3.05, 3.63) is 28.1 Å². The summed E-state index contributed by atoms with van der Waals surface area (Å²) in [5, 5.41) is 6.22. The number of thiophene rings is 1. The summed E-state index contributed by atoms with van der Waals surface area (Å²) in [5.74, 6) is 0.908. The first kappa shape index (κ1) is 16.6. The Morgan fingerprint density at radius 3 is 2.87 bits per heavy atom. The Morgan fingerprint density at radius 1 is 1.43 bits per heavy atom. The first-order valence-electron chi connectivity index (χ1n) is 8.14. The fourth-order valence-electron chi connectivity index (χ4n) is 3.02. The lowest BCUT2D eigenvalue weighted by Gasteiger charge is -2.31. The molecule has 6 heteroatoms. The second-order valence-electron chi connectivity index (χ2n) is 6.04. The van der Waals surface area contributed by atoms with E-state index in [2.05, 4.69) is 16.4 Å². The fourth-order valence-corrected chi connectivity index (χ4v) is 4.85. The van der Waals surface area contributed by atoms with Crippen molar-refractivity contribution in [2.75, 3.05) is 26.7 Å². The summed E-state index contributed by atoms with van der Waals surface area (Å²) in [5.41, 5.74) is 0.862. The highest BCUT2D eigenvalue weighted by Gasteiger charge is 2.26. The van der Waals surface area contributed by atoms with Gasteiger partial charge in [-0.1, -0.05) is 6.07 Å². The Kier molecular flexibility index (Phi) is 5.46. The Hall–Kier alpha value is -1.24. The molecule has 2 aromatic heterocycles. The van der Waals surface area contributed by atoms with Crippen LogP contribution in [0.3, 0.4) is 0 Å². The van der Waals surface area contributed by atoms with Gasteiger partial charge in [-0.05, 0) is 57.1 Å². The topological polar surface area (TPSA) is 45.2 Å². The normalized spacial score (nSPS) is 16.0. The molecule has 0 aromatic carbocycles. The van der Waals surface area contributed by atoms with E-state index in [4.69, 9.17) is 0 Å². The van der Waals surface area contributed by atoms with Crippen molar-refractivity contribution in [3.8, 4) is 9.88 Å². The number of nitrogens with one attached hydrogen (secondary N) is 1. The molecule has 124 valence electrons. The number of carbonyl (C=O) groups excluding carboxylic acids is 1. The lowest BCUT2D eigenvalue weighted by Crippen LogP contribution is -2.38. The van der Waals surface area contributed by atoms with Gasteiger partial charge in [-0.3, -0.25) is 4.79 Å². The number of aromatic nitrogens is 1. The maximum atomic E-state index is 12.8. The lowest BCUT2D eigenvalue weighted by atomic mass is 9.93. The average molecular weight is 350 g/mol. The van der Waals surface area contributed by atoms with Gasteiger partial charge in [-0.15, -0.1) is 22.7 Å². The van der Waals surface area contributed by atoms with Gasteiger partial charge in [0, 0.05) is 13.1 Å². The van der Waals surface area contributed by atoms with Crippen LogP contribution in [0.2, 0.25) is 0 Å². The van der Waals surface area contributed by atoms with E-state index in [-0.39, 0.29) is 5.91 Å². The van der Waals surface area contributed by atoms with Crippen LogP contribution < -0.4 is 5.32 Å². The molecule has 0 bridgehead atoms. The summed E-state index contributed by atoms with van der Waals surface area (Å²) in [6.07, 6.45) is 3.44. The van der Waals surface area contributed by atoms with E-state index in [1.165, 1.54) is 17.8 Å². The Morgan fingerprint density at radius 2 is 2.22 bits per heavy atom. The molecule has 1 amide bonds. The van der Waals surface area contributed by atoms with Gasteiger partial charge in [-0.25, -0.2) is 4.98 Å². The molecule has 2 aromatic rings. The highest BCUT2D eigenvalue weighted by molar-refractivity contribution is 7.22. The number of thiazole rings is 1. The quantitative estimate of drug-likeness (QED) is 0.896. The van der Waals surface area contributed by atoms with Crippen LogP contribution in [0.15, 0.2) is 17.5 Å². The summed E-state index contributed by atoms with van der Waals surface area (Å²) in [7, 11) is 2.00. The third-order valence-corrected chi connectivity index (χ3v) is 6.61. The molecule has 1 fully saturated rings. The molecule has 1 aliphatic rings. The molecule has 23 heavy (non-hydrogen) atoms. The second kappa shape index (κ2) is 7.55.